The Bertz CT molecular complexity index is 560. The summed E-state index contributed by atoms with van der Waals surface area (Å²) in [7, 11) is 0. The van der Waals surface area contributed by atoms with Crippen molar-refractivity contribution in [1.29, 1.82) is 0 Å². The Morgan fingerprint density at radius 3 is 2.50 bits per heavy atom. The molecule has 1 heterocycles. The standard InChI is InChI=1S/C13H14F3N3O3/c14-13(15,16)9-3-1-8(2-4-9)10(20)7-18-12(22)19-6-5-17-11(19)21/h1-4,10,20H,5-7H2,(H,17,21)(H,18,22). The van der Waals surface area contributed by atoms with Gasteiger partial charge < -0.3 is 15.7 Å². The number of hydrogen-bond donors (Lipinski definition) is 3. The fraction of sp³-hybridized carbons (Fsp3) is 0.385. The van der Waals surface area contributed by atoms with Gasteiger partial charge >= 0.3 is 18.2 Å². The van der Waals surface area contributed by atoms with Crippen molar-refractivity contribution < 1.29 is 27.9 Å². The van der Waals surface area contributed by atoms with Crippen molar-refractivity contribution in [2.75, 3.05) is 19.6 Å². The zero-order valence-electron chi connectivity index (χ0n) is 11.4. The van der Waals surface area contributed by atoms with E-state index in [0.29, 0.717) is 6.54 Å². The van der Waals surface area contributed by atoms with Gasteiger partial charge in [0.25, 0.3) is 0 Å². The molecule has 0 saturated carbocycles. The molecule has 0 aromatic heterocycles. The molecule has 0 aliphatic carbocycles. The van der Waals surface area contributed by atoms with Crippen LogP contribution >= 0.6 is 0 Å². The van der Waals surface area contributed by atoms with Crippen LogP contribution < -0.4 is 10.6 Å². The SMILES string of the molecule is O=C1NCCN1C(=O)NCC(O)c1ccc(C(F)(F)F)cc1. The van der Waals surface area contributed by atoms with E-state index in [-0.39, 0.29) is 18.7 Å². The predicted octanol–water partition coefficient (Wildman–Crippen LogP) is 1.47. The third-order valence-electron chi connectivity index (χ3n) is 3.17. The van der Waals surface area contributed by atoms with Gasteiger partial charge in [-0.25, -0.2) is 14.5 Å². The number of carbonyl (C=O) groups is 2. The van der Waals surface area contributed by atoms with Gasteiger partial charge in [-0.1, -0.05) is 12.1 Å². The largest absolute Gasteiger partial charge is 0.416 e. The first kappa shape index (κ1) is 16.1. The molecule has 2 rings (SSSR count). The Hall–Kier alpha value is -2.29. The molecule has 0 spiro atoms. The van der Waals surface area contributed by atoms with E-state index < -0.39 is 29.9 Å². The van der Waals surface area contributed by atoms with Crippen LogP contribution in [-0.4, -0.2) is 41.7 Å². The Morgan fingerprint density at radius 1 is 1.36 bits per heavy atom. The first-order valence-electron chi connectivity index (χ1n) is 6.47. The van der Waals surface area contributed by atoms with Gasteiger partial charge in [0.1, 0.15) is 0 Å². The van der Waals surface area contributed by atoms with Crippen LogP contribution in [0, 0.1) is 0 Å². The topological polar surface area (TPSA) is 81.7 Å². The maximum absolute atomic E-state index is 12.4. The van der Waals surface area contributed by atoms with Gasteiger partial charge in [0.2, 0.25) is 0 Å². The molecular weight excluding hydrogens is 303 g/mol. The minimum absolute atomic E-state index is 0.214. The van der Waals surface area contributed by atoms with E-state index in [1.165, 1.54) is 0 Å². The molecule has 22 heavy (non-hydrogen) atoms. The van der Waals surface area contributed by atoms with Crippen molar-refractivity contribution in [3.8, 4) is 0 Å². The lowest BCUT2D eigenvalue weighted by atomic mass is 10.1. The number of rotatable bonds is 3. The molecule has 1 saturated heterocycles. The molecular formula is C13H14F3N3O3. The molecule has 9 heteroatoms. The number of alkyl halides is 3. The number of aliphatic hydroxyl groups excluding tert-OH is 1. The second kappa shape index (κ2) is 6.22. The van der Waals surface area contributed by atoms with Crippen molar-refractivity contribution in [3.05, 3.63) is 35.4 Å². The van der Waals surface area contributed by atoms with Crippen LogP contribution in [0.2, 0.25) is 0 Å². The molecule has 1 aliphatic rings. The summed E-state index contributed by atoms with van der Waals surface area (Å²) in [6.45, 7) is 0.364. The average Bonchev–Trinajstić information content (AvgIpc) is 2.90. The van der Waals surface area contributed by atoms with Crippen LogP contribution in [0.4, 0.5) is 22.8 Å². The summed E-state index contributed by atoms with van der Waals surface area (Å²) in [5.41, 5.74) is -0.583. The summed E-state index contributed by atoms with van der Waals surface area (Å²) in [6.07, 6.45) is -5.61. The van der Waals surface area contributed by atoms with E-state index >= 15 is 0 Å². The van der Waals surface area contributed by atoms with E-state index in [2.05, 4.69) is 10.6 Å². The molecule has 1 fully saturated rings. The highest BCUT2D eigenvalue weighted by Crippen LogP contribution is 2.29. The minimum Gasteiger partial charge on any atom is -0.387 e. The summed E-state index contributed by atoms with van der Waals surface area (Å²) in [5.74, 6) is 0. The lowest BCUT2D eigenvalue weighted by molar-refractivity contribution is -0.137. The number of nitrogens with zero attached hydrogens (tertiary/aromatic N) is 1. The molecule has 6 nitrogen and oxygen atoms in total. The first-order valence-corrected chi connectivity index (χ1v) is 6.47. The Labute approximate surface area is 123 Å². The number of hydrogen-bond acceptors (Lipinski definition) is 3. The number of carbonyl (C=O) groups excluding carboxylic acids is 2. The molecule has 1 aromatic carbocycles. The van der Waals surface area contributed by atoms with E-state index in [4.69, 9.17) is 0 Å². The molecule has 0 radical (unpaired) electrons. The third-order valence-corrected chi connectivity index (χ3v) is 3.17. The van der Waals surface area contributed by atoms with Gasteiger partial charge in [0, 0.05) is 19.6 Å². The summed E-state index contributed by atoms with van der Waals surface area (Å²) < 4.78 is 37.3. The van der Waals surface area contributed by atoms with Crippen LogP contribution in [0.3, 0.4) is 0 Å². The number of urea groups is 2. The van der Waals surface area contributed by atoms with Gasteiger partial charge in [0.05, 0.1) is 11.7 Å². The molecule has 1 aliphatic heterocycles. The van der Waals surface area contributed by atoms with Crippen molar-refractivity contribution in [2.45, 2.75) is 12.3 Å². The van der Waals surface area contributed by atoms with Crippen LogP contribution in [0.15, 0.2) is 24.3 Å². The third kappa shape index (κ3) is 3.67. The number of nitrogens with one attached hydrogen (secondary N) is 2. The highest BCUT2D eigenvalue weighted by molar-refractivity contribution is 5.94. The van der Waals surface area contributed by atoms with E-state index in [9.17, 15) is 27.9 Å². The quantitative estimate of drug-likeness (QED) is 0.790. The highest BCUT2D eigenvalue weighted by atomic mass is 19.4. The fourth-order valence-electron chi connectivity index (χ4n) is 1.96. The monoisotopic (exact) mass is 317 g/mol. The van der Waals surface area contributed by atoms with Crippen LogP contribution in [-0.2, 0) is 6.18 Å². The Morgan fingerprint density at radius 2 is 2.00 bits per heavy atom. The maximum Gasteiger partial charge on any atom is 0.416 e. The molecule has 0 bridgehead atoms. The van der Waals surface area contributed by atoms with Gasteiger partial charge in [-0.05, 0) is 17.7 Å². The average molecular weight is 317 g/mol. The van der Waals surface area contributed by atoms with Crippen molar-refractivity contribution in [2.24, 2.45) is 0 Å². The molecule has 4 amide bonds. The van der Waals surface area contributed by atoms with Gasteiger partial charge in [0.15, 0.2) is 0 Å². The van der Waals surface area contributed by atoms with E-state index in [1.807, 2.05) is 0 Å². The zero-order chi connectivity index (χ0) is 16.3. The number of benzene rings is 1. The van der Waals surface area contributed by atoms with Crippen molar-refractivity contribution in [1.82, 2.24) is 15.5 Å². The first-order chi connectivity index (χ1) is 10.3. The number of halogens is 3. The lowest BCUT2D eigenvalue weighted by Crippen LogP contribution is -2.43. The molecule has 120 valence electrons. The van der Waals surface area contributed by atoms with Crippen molar-refractivity contribution in [3.63, 3.8) is 0 Å². The number of aliphatic hydroxyl groups is 1. The highest BCUT2D eigenvalue weighted by Gasteiger charge is 2.30. The smallest absolute Gasteiger partial charge is 0.387 e. The molecule has 1 unspecified atom stereocenters. The van der Waals surface area contributed by atoms with Crippen molar-refractivity contribution >= 4 is 12.1 Å². The van der Waals surface area contributed by atoms with E-state index in [0.717, 1.165) is 29.2 Å². The zero-order valence-corrected chi connectivity index (χ0v) is 11.4. The second-order valence-electron chi connectivity index (χ2n) is 4.71. The predicted molar refractivity (Wildman–Crippen MR) is 69.9 cm³/mol. The van der Waals surface area contributed by atoms with Gasteiger partial charge in [-0.15, -0.1) is 0 Å². The van der Waals surface area contributed by atoms with Gasteiger partial charge in [-0.2, -0.15) is 13.2 Å². The van der Waals surface area contributed by atoms with E-state index in [1.54, 1.807) is 0 Å². The van der Waals surface area contributed by atoms with Crippen LogP contribution in [0.1, 0.15) is 17.2 Å². The van der Waals surface area contributed by atoms with Gasteiger partial charge in [-0.3, -0.25) is 0 Å². The molecule has 1 aromatic rings. The summed E-state index contributed by atoms with van der Waals surface area (Å²) in [5, 5.41) is 14.7. The molecule has 1 atom stereocenters. The number of imide groups is 1. The Balaban J connectivity index is 1.90. The summed E-state index contributed by atoms with van der Waals surface area (Å²) in [6, 6.07) is 2.80. The second-order valence-corrected chi connectivity index (χ2v) is 4.71. The number of amides is 4. The van der Waals surface area contributed by atoms with Crippen LogP contribution in [0.5, 0.6) is 0 Å². The normalized spacial score (nSPS) is 16.4. The minimum atomic E-state index is -4.44. The Kier molecular flexibility index (Phi) is 4.55. The summed E-state index contributed by atoms with van der Waals surface area (Å²) >= 11 is 0. The maximum atomic E-state index is 12.4. The fourth-order valence-corrected chi connectivity index (χ4v) is 1.96. The lowest BCUT2D eigenvalue weighted by Gasteiger charge is -2.17. The van der Waals surface area contributed by atoms with Crippen LogP contribution in [0.25, 0.3) is 0 Å². The molecule has 3 N–H and O–H groups in total. The summed E-state index contributed by atoms with van der Waals surface area (Å²) in [4.78, 5) is 23.9.